The topological polar surface area (TPSA) is 58.4 Å². The number of hydrogen-bond acceptors (Lipinski definition) is 4. The molecule has 1 aliphatic rings. The fraction of sp³-hybridized carbons (Fsp3) is 0.600. The van der Waals surface area contributed by atoms with E-state index in [2.05, 4.69) is 10.2 Å². The van der Waals surface area contributed by atoms with Gasteiger partial charge in [0.2, 0.25) is 0 Å². The second-order valence-electron chi connectivity index (χ2n) is 5.55. The van der Waals surface area contributed by atoms with Crippen molar-refractivity contribution >= 4 is 5.69 Å². The Bertz CT molecular complexity index is 490. The zero-order valence-electron chi connectivity index (χ0n) is 12.3. The third-order valence-electron chi connectivity index (χ3n) is 4.05. The number of halogens is 1. The van der Waals surface area contributed by atoms with E-state index in [0.29, 0.717) is 18.0 Å². The summed E-state index contributed by atoms with van der Waals surface area (Å²) < 4.78 is 13.4. The zero-order valence-corrected chi connectivity index (χ0v) is 12.3. The maximum absolute atomic E-state index is 13.4. The van der Waals surface area contributed by atoms with Crippen molar-refractivity contribution in [3.8, 4) is 0 Å². The SMILES string of the molecule is CCN(Cc1cc(F)ccc1[N+](=O)[O-])CC1CCNCC1. The van der Waals surface area contributed by atoms with Crippen LogP contribution in [0.2, 0.25) is 0 Å². The van der Waals surface area contributed by atoms with Crippen molar-refractivity contribution in [2.24, 2.45) is 5.92 Å². The van der Waals surface area contributed by atoms with Crippen LogP contribution in [0.1, 0.15) is 25.3 Å². The van der Waals surface area contributed by atoms with Crippen LogP contribution in [0.25, 0.3) is 0 Å². The van der Waals surface area contributed by atoms with Crippen LogP contribution in [-0.4, -0.2) is 36.0 Å². The molecule has 0 spiro atoms. The average Bonchev–Trinajstić information content (AvgIpc) is 2.47. The van der Waals surface area contributed by atoms with Crippen LogP contribution >= 0.6 is 0 Å². The van der Waals surface area contributed by atoms with E-state index < -0.39 is 10.7 Å². The van der Waals surface area contributed by atoms with E-state index in [9.17, 15) is 14.5 Å². The minimum absolute atomic E-state index is 0.000149. The summed E-state index contributed by atoms with van der Waals surface area (Å²) in [5.41, 5.74) is 0.455. The van der Waals surface area contributed by atoms with Gasteiger partial charge in [-0.15, -0.1) is 0 Å². The molecular formula is C15H22FN3O2. The van der Waals surface area contributed by atoms with Crippen molar-refractivity contribution in [2.75, 3.05) is 26.2 Å². The molecule has 0 saturated carbocycles. The maximum Gasteiger partial charge on any atom is 0.274 e. The van der Waals surface area contributed by atoms with Gasteiger partial charge in [0, 0.05) is 24.7 Å². The van der Waals surface area contributed by atoms with Crippen LogP contribution in [0, 0.1) is 21.8 Å². The van der Waals surface area contributed by atoms with Crippen molar-refractivity contribution in [3.05, 3.63) is 39.7 Å². The van der Waals surface area contributed by atoms with Gasteiger partial charge < -0.3 is 5.32 Å². The number of rotatable bonds is 6. The van der Waals surface area contributed by atoms with Crippen molar-refractivity contribution in [2.45, 2.75) is 26.3 Å². The van der Waals surface area contributed by atoms with Crippen molar-refractivity contribution in [3.63, 3.8) is 0 Å². The van der Waals surface area contributed by atoms with E-state index in [1.165, 1.54) is 12.1 Å². The molecule has 1 aliphatic heterocycles. The molecule has 21 heavy (non-hydrogen) atoms. The molecule has 2 rings (SSSR count). The Hall–Kier alpha value is -1.53. The van der Waals surface area contributed by atoms with Crippen molar-refractivity contribution in [1.29, 1.82) is 0 Å². The third-order valence-corrected chi connectivity index (χ3v) is 4.05. The average molecular weight is 295 g/mol. The molecule has 0 atom stereocenters. The number of nitro benzene ring substituents is 1. The van der Waals surface area contributed by atoms with E-state index in [4.69, 9.17) is 0 Å². The summed E-state index contributed by atoms with van der Waals surface area (Å²) in [4.78, 5) is 12.8. The fourth-order valence-corrected chi connectivity index (χ4v) is 2.83. The molecular weight excluding hydrogens is 273 g/mol. The van der Waals surface area contributed by atoms with Crippen LogP contribution in [0.4, 0.5) is 10.1 Å². The standard InChI is InChI=1S/C15H22FN3O2/c1-2-18(10-12-5-7-17-8-6-12)11-13-9-14(16)3-4-15(13)19(20)21/h3-4,9,12,17H,2,5-8,10-11H2,1H3. The van der Waals surface area contributed by atoms with Gasteiger partial charge >= 0.3 is 0 Å². The number of nitro groups is 1. The van der Waals surface area contributed by atoms with Crippen molar-refractivity contribution in [1.82, 2.24) is 10.2 Å². The van der Waals surface area contributed by atoms with Gasteiger partial charge in [0.15, 0.2) is 0 Å². The molecule has 1 aromatic rings. The molecule has 0 bridgehead atoms. The van der Waals surface area contributed by atoms with Crippen LogP contribution < -0.4 is 5.32 Å². The quantitative estimate of drug-likeness (QED) is 0.647. The Kier molecular flexibility index (Phi) is 5.64. The zero-order chi connectivity index (χ0) is 15.2. The summed E-state index contributed by atoms with van der Waals surface area (Å²) >= 11 is 0. The van der Waals surface area contributed by atoms with Gasteiger partial charge in [-0.25, -0.2) is 4.39 Å². The van der Waals surface area contributed by atoms with E-state index in [1.807, 2.05) is 6.92 Å². The summed E-state index contributed by atoms with van der Waals surface area (Å²) in [5.74, 6) is 0.187. The summed E-state index contributed by atoms with van der Waals surface area (Å²) in [6.07, 6.45) is 2.25. The van der Waals surface area contributed by atoms with E-state index in [0.717, 1.165) is 45.1 Å². The normalized spacial score (nSPS) is 16.3. The molecule has 5 nitrogen and oxygen atoms in total. The lowest BCUT2D eigenvalue weighted by molar-refractivity contribution is -0.385. The molecule has 0 amide bonds. The van der Waals surface area contributed by atoms with Gasteiger partial charge in [-0.05, 0) is 50.5 Å². The molecule has 0 aromatic heterocycles. The van der Waals surface area contributed by atoms with Gasteiger partial charge in [-0.1, -0.05) is 6.92 Å². The largest absolute Gasteiger partial charge is 0.317 e. The highest BCUT2D eigenvalue weighted by Gasteiger charge is 2.20. The van der Waals surface area contributed by atoms with Crippen molar-refractivity contribution < 1.29 is 9.31 Å². The molecule has 1 heterocycles. The molecule has 0 unspecified atom stereocenters. The van der Waals surface area contributed by atoms with Crippen LogP contribution in [0.5, 0.6) is 0 Å². The minimum atomic E-state index is -0.437. The first-order valence-corrected chi connectivity index (χ1v) is 7.46. The summed E-state index contributed by atoms with van der Waals surface area (Å²) in [5, 5.41) is 14.4. The Balaban J connectivity index is 2.06. The summed E-state index contributed by atoms with van der Waals surface area (Å²) in [6.45, 7) is 6.23. The number of nitrogens with zero attached hydrogens (tertiary/aromatic N) is 2. The van der Waals surface area contributed by atoms with E-state index in [1.54, 1.807) is 0 Å². The van der Waals surface area contributed by atoms with E-state index in [-0.39, 0.29) is 5.69 Å². The Morgan fingerprint density at radius 2 is 2.14 bits per heavy atom. The minimum Gasteiger partial charge on any atom is -0.317 e. The lowest BCUT2D eigenvalue weighted by Crippen LogP contribution is -2.36. The summed E-state index contributed by atoms with van der Waals surface area (Å²) in [7, 11) is 0. The van der Waals surface area contributed by atoms with Crippen LogP contribution in [-0.2, 0) is 6.54 Å². The first-order chi connectivity index (χ1) is 10.1. The van der Waals surface area contributed by atoms with Gasteiger partial charge in [-0.3, -0.25) is 15.0 Å². The Morgan fingerprint density at radius 1 is 1.43 bits per heavy atom. The second kappa shape index (κ2) is 7.47. The predicted molar refractivity (Wildman–Crippen MR) is 79.6 cm³/mol. The molecule has 0 radical (unpaired) electrons. The van der Waals surface area contributed by atoms with Gasteiger partial charge in [-0.2, -0.15) is 0 Å². The lowest BCUT2D eigenvalue weighted by atomic mass is 9.97. The second-order valence-corrected chi connectivity index (χ2v) is 5.55. The first kappa shape index (κ1) is 15.9. The van der Waals surface area contributed by atoms with E-state index >= 15 is 0 Å². The summed E-state index contributed by atoms with van der Waals surface area (Å²) in [6, 6.07) is 3.68. The highest BCUT2D eigenvalue weighted by Crippen LogP contribution is 2.22. The van der Waals surface area contributed by atoms with Crippen LogP contribution in [0.3, 0.4) is 0 Å². The molecule has 116 valence electrons. The Morgan fingerprint density at radius 3 is 2.76 bits per heavy atom. The highest BCUT2D eigenvalue weighted by molar-refractivity contribution is 5.40. The van der Waals surface area contributed by atoms with Gasteiger partial charge in [0.05, 0.1) is 4.92 Å². The van der Waals surface area contributed by atoms with Gasteiger partial charge in [0.1, 0.15) is 5.82 Å². The predicted octanol–water partition coefficient (Wildman–Crippen LogP) is 2.56. The number of hydrogen-bond donors (Lipinski definition) is 1. The van der Waals surface area contributed by atoms with Gasteiger partial charge in [0.25, 0.3) is 5.69 Å². The fourth-order valence-electron chi connectivity index (χ4n) is 2.83. The molecule has 1 aromatic carbocycles. The molecule has 1 fully saturated rings. The van der Waals surface area contributed by atoms with Crippen LogP contribution in [0.15, 0.2) is 18.2 Å². The monoisotopic (exact) mass is 295 g/mol. The number of benzene rings is 1. The lowest BCUT2D eigenvalue weighted by Gasteiger charge is -2.29. The number of piperidine rings is 1. The Labute approximate surface area is 124 Å². The molecule has 1 N–H and O–H groups in total. The highest BCUT2D eigenvalue weighted by atomic mass is 19.1. The molecule has 0 aliphatic carbocycles. The number of nitrogens with one attached hydrogen (secondary N) is 1. The molecule has 6 heteroatoms. The third kappa shape index (κ3) is 4.47. The smallest absolute Gasteiger partial charge is 0.274 e. The maximum atomic E-state index is 13.4. The first-order valence-electron chi connectivity index (χ1n) is 7.46. The molecule has 1 saturated heterocycles.